The summed E-state index contributed by atoms with van der Waals surface area (Å²) >= 11 is 1.24. The fourth-order valence-corrected chi connectivity index (χ4v) is 5.17. The Morgan fingerprint density at radius 2 is 1.41 bits per heavy atom. The van der Waals surface area contributed by atoms with Crippen LogP contribution in [0.3, 0.4) is 0 Å². The second kappa shape index (κ2) is 12.4. The molecule has 4 aromatic carbocycles. The smallest absolute Gasteiger partial charge is 0.262 e. The van der Waals surface area contributed by atoms with Gasteiger partial charge in [-0.25, -0.2) is 4.98 Å². The molecule has 1 aromatic heterocycles. The number of thioether (sulfide) groups is 1. The Morgan fingerprint density at radius 3 is 2.10 bits per heavy atom. The Bertz CT molecular complexity index is 1650. The summed E-state index contributed by atoms with van der Waals surface area (Å²) < 4.78 is 1.63. The molecule has 0 bridgehead atoms. The second-order valence-electron chi connectivity index (χ2n) is 9.06. The third kappa shape index (κ3) is 6.51. The van der Waals surface area contributed by atoms with Crippen LogP contribution < -0.4 is 10.9 Å². The molecule has 7 heteroatoms. The molecule has 0 unspecified atom stereocenters. The van der Waals surface area contributed by atoms with Crippen molar-refractivity contribution in [1.82, 2.24) is 14.9 Å². The third-order valence-corrected chi connectivity index (χ3v) is 7.35. The Labute approximate surface area is 230 Å². The Morgan fingerprint density at radius 1 is 0.769 bits per heavy atom. The van der Waals surface area contributed by atoms with E-state index in [0.717, 1.165) is 11.1 Å². The number of carbonyl (C=O) groups is 2. The highest BCUT2D eigenvalue weighted by molar-refractivity contribution is 7.99. The number of hydrogen-bond acceptors (Lipinski definition) is 5. The molecule has 1 amide bonds. The van der Waals surface area contributed by atoms with E-state index in [2.05, 4.69) is 5.32 Å². The number of nitrogens with one attached hydrogen (secondary N) is 1. The second-order valence-corrected chi connectivity index (χ2v) is 10.0. The van der Waals surface area contributed by atoms with E-state index in [1.807, 2.05) is 78.9 Å². The maximum Gasteiger partial charge on any atom is 0.262 e. The zero-order valence-corrected chi connectivity index (χ0v) is 22.1. The maximum absolute atomic E-state index is 13.6. The quantitative estimate of drug-likeness (QED) is 0.145. The van der Waals surface area contributed by atoms with E-state index in [1.54, 1.807) is 34.9 Å². The molecule has 0 atom stereocenters. The van der Waals surface area contributed by atoms with Crippen molar-refractivity contribution in [2.45, 2.75) is 24.7 Å². The van der Waals surface area contributed by atoms with Crippen LogP contribution in [-0.2, 0) is 19.5 Å². The van der Waals surface area contributed by atoms with Crippen molar-refractivity contribution < 1.29 is 9.59 Å². The fourth-order valence-electron chi connectivity index (χ4n) is 4.25. The van der Waals surface area contributed by atoms with Gasteiger partial charge in [0.25, 0.3) is 11.5 Å². The summed E-state index contributed by atoms with van der Waals surface area (Å²) in [5.74, 6) is -0.146. The number of hydrogen-bond donors (Lipinski definition) is 1. The van der Waals surface area contributed by atoms with Gasteiger partial charge in [0.05, 0.1) is 16.7 Å². The average molecular weight is 534 g/mol. The van der Waals surface area contributed by atoms with E-state index in [9.17, 15) is 14.4 Å². The first-order valence-corrected chi connectivity index (χ1v) is 13.7. The van der Waals surface area contributed by atoms with Gasteiger partial charge in [-0.15, -0.1) is 0 Å². The number of aromatic nitrogens is 2. The molecular weight excluding hydrogens is 506 g/mol. The van der Waals surface area contributed by atoms with Crippen LogP contribution in [0.25, 0.3) is 10.9 Å². The SMILES string of the molecule is O=C(CSc1nc2cc(C(=O)NCc3ccccc3)ccc2c(=O)n1CCc1ccccc1)c1ccccc1. The van der Waals surface area contributed by atoms with Crippen LogP contribution in [-0.4, -0.2) is 27.0 Å². The highest BCUT2D eigenvalue weighted by Crippen LogP contribution is 2.21. The number of fused-ring (bicyclic) bond motifs is 1. The van der Waals surface area contributed by atoms with Crippen LogP contribution in [0.5, 0.6) is 0 Å². The zero-order valence-electron chi connectivity index (χ0n) is 21.2. The first kappa shape index (κ1) is 26.1. The number of aryl methyl sites for hydroxylation is 1. The fraction of sp³-hybridized carbons (Fsp3) is 0.125. The molecule has 0 aliphatic heterocycles. The number of amides is 1. The van der Waals surface area contributed by atoms with Crippen LogP contribution in [0, 0.1) is 0 Å². The number of benzene rings is 4. The van der Waals surface area contributed by atoms with E-state index in [-0.39, 0.29) is 23.0 Å². The molecule has 0 saturated heterocycles. The molecule has 194 valence electrons. The third-order valence-electron chi connectivity index (χ3n) is 6.37. The summed E-state index contributed by atoms with van der Waals surface area (Å²) in [6, 6.07) is 33.6. The molecule has 1 heterocycles. The Balaban J connectivity index is 1.43. The maximum atomic E-state index is 13.6. The van der Waals surface area contributed by atoms with Crippen molar-refractivity contribution in [3.05, 3.63) is 142 Å². The largest absolute Gasteiger partial charge is 0.348 e. The van der Waals surface area contributed by atoms with Gasteiger partial charge in [0.2, 0.25) is 0 Å². The van der Waals surface area contributed by atoms with Crippen molar-refractivity contribution in [2.24, 2.45) is 0 Å². The first-order chi connectivity index (χ1) is 19.1. The van der Waals surface area contributed by atoms with Crippen molar-refractivity contribution in [3.63, 3.8) is 0 Å². The van der Waals surface area contributed by atoms with Gasteiger partial charge in [-0.2, -0.15) is 0 Å². The molecule has 1 N–H and O–H groups in total. The average Bonchev–Trinajstić information content (AvgIpc) is 2.99. The minimum atomic E-state index is -0.246. The van der Waals surface area contributed by atoms with Crippen molar-refractivity contribution in [3.8, 4) is 0 Å². The van der Waals surface area contributed by atoms with E-state index in [0.29, 0.717) is 46.7 Å². The normalized spacial score (nSPS) is 10.9. The molecule has 5 rings (SSSR count). The summed E-state index contributed by atoms with van der Waals surface area (Å²) in [6.45, 7) is 0.821. The molecule has 5 aromatic rings. The molecule has 6 nitrogen and oxygen atoms in total. The van der Waals surface area contributed by atoms with Gasteiger partial charge in [0.15, 0.2) is 10.9 Å². The number of rotatable bonds is 10. The minimum absolute atomic E-state index is 0.0430. The Kier molecular flexibility index (Phi) is 8.29. The van der Waals surface area contributed by atoms with E-state index < -0.39 is 0 Å². The standard InChI is InChI=1S/C32H27N3O3S/c36-29(25-14-8-3-9-15-25)22-39-32-34-28-20-26(30(37)33-21-24-12-6-2-7-13-24)16-17-27(28)31(38)35(32)19-18-23-10-4-1-5-11-23/h1-17,20H,18-19,21-22H2,(H,33,37). The molecule has 0 fully saturated rings. The topological polar surface area (TPSA) is 81.1 Å². The van der Waals surface area contributed by atoms with E-state index >= 15 is 0 Å². The van der Waals surface area contributed by atoms with Crippen LogP contribution in [0.4, 0.5) is 0 Å². The number of nitrogens with zero attached hydrogens (tertiary/aromatic N) is 2. The molecule has 0 spiro atoms. The lowest BCUT2D eigenvalue weighted by atomic mass is 10.1. The van der Waals surface area contributed by atoms with E-state index in [1.165, 1.54) is 11.8 Å². The molecule has 0 aliphatic carbocycles. The van der Waals surface area contributed by atoms with Gasteiger partial charge in [-0.05, 0) is 35.7 Å². The first-order valence-electron chi connectivity index (χ1n) is 12.7. The molecule has 0 saturated carbocycles. The zero-order chi connectivity index (χ0) is 27.0. The van der Waals surface area contributed by atoms with Gasteiger partial charge in [-0.1, -0.05) is 103 Å². The lowest BCUT2D eigenvalue weighted by Gasteiger charge is -2.14. The summed E-state index contributed by atoms with van der Waals surface area (Å²) in [7, 11) is 0. The van der Waals surface area contributed by atoms with Gasteiger partial charge in [0, 0.05) is 24.2 Å². The molecular formula is C32H27N3O3S. The molecule has 0 radical (unpaired) electrons. The van der Waals surface area contributed by atoms with Crippen LogP contribution >= 0.6 is 11.8 Å². The summed E-state index contributed by atoms with van der Waals surface area (Å²) in [5, 5.41) is 3.80. The number of Topliss-reactive ketones (excluding diaryl/α,β-unsaturated/α-hetero) is 1. The number of carbonyl (C=O) groups excluding carboxylic acids is 2. The lowest BCUT2D eigenvalue weighted by molar-refractivity contribution is 0.0950. The minimum Gasteiger partial charge on any atom is -0.348 e. The van der Waals surface area contributed by atoms with Gasteiger partial charge in [-0.3, -0.25) is 19.0 Å². The van der Waals surface area contributed by atoms with E-state index in [4.69, 9.17) is 4.98 Å². The number of ketones is 1. The van der Waals surface area contributed by atoms with Gasteiger partial charge < -0.3 is 5.32 Å². The van der Waals surface area contributed by atoms with Crippen molar-refractivity contribution >= 4 is 34.4 Å². The van der Waals surface area contributed by atoms with Gasteiger partial charge >= 0.3 is 0 Å². The summed E-state index contributed by atoms with van der Waals surface area (Å²) in [6.07, 6.45) is 0.647. The van der Waals surface area contributed by atoms with Crippen molar-refractivity contribution in [1.29, 1.82) is 0 Å². The highest BCUT2D eigenvalue weighted by atomic mass is 32.2. The monoisotopic (exact) mass is 533 g/mol. The van der Waals surface area contributed by atoms with Crippen LogP contribution in [0.15, 0.2) is 119 Å². The molecule has 39 heavy (non-hydrogen) atoms. The van der Waals surface area contributed by atoms with Crippen LogP contribution in [0.2, 0.25) is 0 Å². The van der Waals surface area contributed by atoms with Crippen molar-refractivity contribution in [2.75, 3.05) is 5.75 Å². The summed E-state index contributed by atoms with van der Waals surface area (Å²) in [5.41, 5.74) is 3.36. The Hall–Kier alpha value is -4.49. The van der Waals surface area contributed by atoms with Crippen LogP contribution in [0.1, 0.15) is 31.8 Å². The summed E-state index contributed by atoms with van der Waals surface area (Å²) in [4.78, 5) is 44.0. The molecule has 0 aliphatic rings. The van der Waals surface area contributed by atoms with Gasteiger partial charge in [0.1, 0.15) is 0 Å². The predicted molar refractivity (Wildman–Crippen MR) is 155 cm³/mol. The lowest BCUT2D eigenvalue weighted by Crippen LogP contribution is -2.26. The predicted octanol–water partition coefficient (Wildman–Crippen LogP) is 5.54. The highest BCUT2D eigenvalue weighted by Gasteiger charge is 2.16.